The molecule has 1 fully saturated rings. The summed E-state index contributed by atoms with van der Waals surface area (Å²) in [5.74, 6) is 0.696. The molecule has 2 aromatic carbocycles. The van der Waals surface area contributed by atoms with Gasteiger partial charge in [-0.2, -0.15) is 0 Å². The van der Waals surface area contributed by atoms with Crippen LogP contribution in [0.25, 0.3) is 17.4 Å². The Hall–Kier alpha value is -3.58. The van der Waals surface area contributed by atoms with Crippen molar-refractivity contribution in [1.29, 1.82) is 0 Å². The molecule has 34 heavy (non-hydrogen) atoms. The lowest BCUT2D eigenvalue weighted by Crippen LogP contribution is -2.29. The Bertz CT molecular complexity index is 1240. The van der Waals surface area contributed by atoms with Crippen LogP contribution < -0.4 is 0 Å². The molecule has 1 aliphatic rings. The number of para-hydroxylation sites is 1. The quantitative estimate of drug-likeness (QED) is 0.288. The third kappa shape index (κ3) is 5.48. The van der Waals surface area contributed by atoms with Crippen LogP contribution in [0.3, 0.4) is 0 Å². The van der Waals surface area contributed by atoms with Gasteiger partial charge >= 0.3 is 5.97 Å². The normalized spacial score (nSPS) is 16.1. The number of benzene rings is 2. The summed E-state index contributed by atoms with van der Waals surface area (Å²) < 4.78 is 11.3. The summed E-state index contributed by atoms with van der Waals surface area (Å²) in [6.07, 6.45) is 2.37. The fraction of sp³-hybridized carbons (Fsp3) is 0.222. The van der Waals surface area contributed by atoms with Crippen molar-refractivity contribution in [3.8, 4) is 11.3 Å². The molecular weight excluding hydrogens is 448 g/mol. The minimum absolute atomic E-state index is 0.0853. The van der Waals surface area contributed by atoms with Gasteiger partial charge in [0.05, 0.1) is 22.3 Å². The molecular formula is C27H26N2O4S. The van der Waals surface area contributed by atoms with E-state index in [0.29, 0.717) is 33.7 Å². The molecule has 0 unspecified atom stereocenters. The number of esters is 1. The lowest BCUT2D eigenvalue weighted by atomic mass is 10.1. The number of nitrogens with zero attached hydrogens (tertiary/aromatic N) is 2. The van der Waals surface area contributed by atoms with Gasteiger partial charge in [0.15, 0.2) is 5.17 Å². The first kappa shape index (κ1) is 23.6. The van der Waals surface area contributed by atoms with Gasteiger partial charge in [0.1, 0.15) is 11.5 Å². The minimum Gasteiger partial charge on any atom is -0.459 e. The molecule has 0 aliphatic carbocycles. The Kier molecular flexibility index (Phi) is 7.33. The second kappa shape index (κ2) is 10.6. The van der Waals surface area contributed by atoms with E-state index in [1.807, 2.05) is 69.3 Å². The number of amides is 1. The maximum atomic E-state index is 13.0. The zero-order valence-corrected chi connectivity index (χ0v) is 20.2. The van der Waals surface area contributed by atoms with E-state index in [-0.39, 0.29) is 18.0 Å². The molecule has 174 valence electrons. The summed E-state index contributed by atoms with van der Waals surface area (Å²) in [5.41, 5.74) is 2.02. The van der Waals surface area contributed by atoms with E-state index in [1.165, 1.54) is 11.8 Å². The summed E-state index contributed by atoms with van der Waals surface area (Å²) >= 11 is 1.34. The largest absolute Gasteiger partial charge is 0.459 e. The summed E-state index contributed by atoms with van der Waals surface area (Å²) in [5, 5.41) is 0.660. The van der Waals surface area contributed by atoms with Gasteiger partial charge in [-0.1, -0.05) is 37.3 Å². The number of carbonyl (C=O) groups is 2. The van der Waals surface area contributed by atoms with Crippen molar-refractivity contribution in [2.75, 3.05) is 6.54 Å². The van der Waals surface area contributed by atoms with Gasteiger partial charge in [0.2, 0.25) is 0 Å². The highest BCUT2D eigenvalue weighted by molar-refractivity contribution is 8.18. The number of ether oxygens (including phenoxy) is 1. The topological polar surface area (TPSA) is 72.1 Å². The highest BCUT2D eigenvalue weighted by Gasteiger charge is 2.33. The molecule has 1 aliphatic heterocycles. The number of amidine groups is 1. The van der Waals surface area contributed by atoms with Crippen molar-refractivity contribution in [2.45, 2.75) is 33.3 Å². The second-order valence-electron chi connectivity index (χ2n) is 8.03. The lowest BCUT2D eigenvalue weighted by Gasteiger charge is -2.13. The molecule has 0 saturated carbocycles. The first-order chi connectivity index (χ1) is 16.4. The maximum absolute atomic E-state index is 13.0. The van der Waals surface area contributed by atoms with Crippen molar-refractivity contribution in [2.24, 2.45) is 4.99 Å². The highest BCUT2D eigenvalue weighted by atomic mass is 32.2. The van der Waals surface area contributed by atoms with Gasteiger partial charge in [-0.15, -0.1) is 0 Å². The third-order valence-electron chi connectivity index (χ3n) is 4.94. The molecule has 1 aromatic heterocycles. The van der Waals surface area contributed by atoms with Gasteiger partial charge < -0.3 is 9.15 Å². The standard InChI is InChI=1S/C27H26N2O4S/c1-4-15-29-25(30)24(34-27(29)28-21-11-6-5-7-12-21)17-22-13-14-23(33-22)19-9-8-10-20(16-19)26(31)32-18(2)3/h5-14,16-18H,4,15H2,1-3H3/b24-17+,28-27?. The molecule has 0 bridgehead atoms. The molecule has 0 N–H and O–H groups in total. The summed E-state index contributed by atoms with van der Waals surface area (Å²) in [6.45, 7) is 6.25. The van der Waals surface area contributed by atoms with Gasteiger partial charge in [-0.05, 0) is 68.4 Å². The fourth-order valence-electron chi connectivity index (χ4n) is 3.42. The van der Waals surface area contributed by atoms with E-state index in [4.69, 9.17) is 9.15 Å². The average Bonchev–Trinajstić information content (AvgIpc) is 3.40. The molecule has 7 heteroatoms. The lowest BCUT2D eigenvalue weighted by molar-refractivity contribution is -0.122. The number of hydrogen-bond donors (Lipinski definition) is 0. The SMILES string of the molecule is CCCN1C(=O)/C(=C\c2ccc(-c3cccc(C(=O)OC(C)C)c3)o2)SC1=Nc1ccccc1. The Morgan fingerprint density at radius 3 is 2.65 bits per heavy atom. The number of thioether (sulfide) groups is 1. The van der Waals surface area contributed by atoms with Crippen molar-refractivity contribution in [3.63, 3.8) is 0 Å². The third-order valence-corrected chi connectivity index (χ3v) is 5.95. The van der Waals surface area contributed by atoms with Crippen LogP contribution in [0.15, 0.2) is 81.0 Å². The van der Waals surface area contributed by atoms with Crippen LogP contribution in [-0.2, 0) is 9.53 Å². The molecule has 1 saturated heterocycles. The number of carbonyl (C=O) groups excluding carboxylic acids is 2. The number of furan rings is 1. The predicted octanol–water partition coefficient (Wildman–Crippen LogP) is 6.53. The first-order valence-electron chi connectivity index (χ1n) is 11.2. The monoisotopic (exact) mass is 474 g/mol. The van der Waals surface area contributed by atoms with Crippen molar-refractivity contribution in [3.05, 3.63) is 83.0 Å². The zero-order chi connectivity index (χ0) is 24.1. The van der Waals surface area contributed by atoms with Gasteiger partial charge in [-0.3, -0.25) is 9.69 Å². The van der Waals surface area contributed by atoms with Crippen molar-refractivity contribution >= 4 is 40.6 Å². The van der Waals surface area contributed by atoms with Gasteiger partial charge in [0, 0.05) is 18.2 Å². The van der Waals surface area contributed by atoms with Gasteiger partial charge in [0.25, 0.3) is 5.91 Å². The number of rotatable bonds is 7. The van der Waals surface area contributed by atoms with Crippen LogP contribution in [-0.4, -0.2) is 34.6 Å². The minimum atomic E-state index is -0.375. The molecule has 0 atom stereocenters. The molecule has 6 nitrogen and oxygen atoms in total. The average molecular weight is 475 g/mol. The highest BCUT2D eigenvalue weighted by Crippen LogP contribution is 2.35. The van der Waals surface area contributed by atoms with Crippen LogP contribution in [0, 0.1) is 0 Å². The summed E-state index contributed by atoms with van der Waals surface area (Å²) in [7, 11) is 0. The summed E-state index contributed by atoms with van der Waals surface area (Å²) in [4.78, 5) is 32.2. The predicted molar refractivity (Wildman–Crippen MR) is 136 cm³/mol. The first-order valence-corrected chi connectivity index (χ1v) is 12.0. The van der Waals surface area contributed by atoms with E-state index in [2.05, 4.69) is 4.99 Å². The van der Waals surface area contributed by atoms with E-state index in [0.717, 1.165) is 17.7 Å². The molecule has 1 amide bonds. The number of aliphatic imine (C=N–C) groups is 1. The molecule has 3 aromatic rings. The van der Waals surface area contributed by atoms with Crippen LogP contribution in [0.2, 0.25) is 0 Å². The summed E-state index contributed by atoms with van der Waals surface area (Å²) in [6, 6.07) is 20.3. The Balaban J connectivity index is 1.58. The second-order valence-corrected chi connectivity index (χ2v) is 9.04. The van der Waals surface area contributed by atoms with Crippen molar-refractivity contribution in [1.82, 2.24) is 4.90 Å². The molecule has 0 spiro atoms. The zero-order valence-electron chi connectivity index (χ0n) is 19.4. The van der Waals surface area contributed by atoms with E-state index in [9.17, 15) is 9.59 Å². The molecule has 0 radical (unpaired) electrons. The Morgan fingerprint density at radius 2 is 1.91 bits per heavy atom. The van der Waals surface area contributed by atoms with Crippen LogP contribution in [0.5, 0.6) is 0 Å². The maximum Gasteiger partial charge on any atom is 0.338 e. The number of hydrogen-bond acceptors (Lipinski definition) is 6. The van der Waals surface area contributed by atoms with Gasteiger partial charge in [-0.25, -0.2) is 9.79 Å². The van der Waals surface area contributed by atoms with Crippen LogP contribution >= 0.6 is 11.8 Å². The van der Waals surface area contributed by atoms with E-state index in [1.54, 1.807) is 29.2 Å². The van der Waals surface area contributed by atoms with Crippen LogP contribution in [0.1, 0.15) is 43.3 Å². The smallest absolute Gasteiger partial charge is 0.338 e. The van der Waals surface area contributed by atoms with Crippen LogP contribution in [0.4, 0.5) is 5.69 Å². The fourth-order valence-corrected chi connectivity index (χ4v) is 4.43. The Morgan fingerprint density at radius 1 is 1.12 bits per heavy atom. The Labute approximate surface area is 203 Å². The van der Waals surface area contributed by atoms with Crippen molar-refractivity contribution < 1.29 is 18.7 Å². The molecule has 4 rings (SSSR count). The van der Waals surface area contributed by atoms with E-state index < -0.39 is 0 Å². The van der Waals surface area contributed by atoms with E-state index >= 15 is 0 Å². The molecule has 2 heterocycles.